The summed E-state index contributed by atoms with van der Waals surface area (Å²) in [5.74, 6) is -1.27. The van der Waals surface area contributed by atoms with Crippen LogP contribution in [0.3, 0.4) is 0 Å². The fraction of sp³-hybridized carbons (Fsp3) is 0.417. The van der Waals surface area contributed by atoms with Crippen LogP contribution in [-0.2, 0) is 4.79 Å². The van der Waals surface area contributed by atoms with Crippen molar-refractivity contribution in [2.45, 2.75) is 19.8 Å². The fourth-order valence-corrected chi connectivity index (χ4v) is 1.65. The van der Waals surface area contributed by atoms with Gasteiger partial charge in [0.2, 0.25) is 5.91 Å². The first-order valence-electron chi connectivity index (χ1n) is 5.34. The molecule has 1 saturated carbocycles. The van der Waals surface area contributed by atoms with Crippen LogP contribution in [0.1, 0.15) is 19.8 Å². The lowest BCUT2D eigenvalue weighted by Crippen LogP contribution is -2.22. The molecule has 1 aliphatic carbocycles. The summed E-state index contributed by atoms with van der Waals surface area (Å²) in [4.78, 5) is 11.7. The molecule has 86 valence electrons. The molecular formula is C12H13F2NO. The molecule has 1 aromatic rings. The fourth-order valence-electron chi connectivity index (χ4n) is 1.65. The van der Waals surface area contributed by atoms with Crippen molar-refractivity contribution in [2.75, 3.05) is 5.32 Å². The minimum Gasteiger partial charge on any atom is -0.323 e. The molecule has 2 rings (SSSR count). The minimum atomic E-state index is -0.739. The van der Waals surface area contributed by atoms with Crippen LogP contribution in [0.4, 0.5) is 14.5 Å². The van der Waals surface area contributed by atoms with Gasteiger partial charge in [-0.15, -0.1) is 0 Å². The van der Waals surface area contributed by atoms with Gasteiger partial charge in [-0.25, -0.2) is 8.78 Å². The topological polar surface area (TPSA) is 29.1 Å². The Bertz CT molecular complexity index is 415. The number of hydrogen-bond acceptors (Lipinski definition) is 1. The van der Waals surface area contributed by atoms with Crippen molar-refractivity contribution in [3.8, 4) is 0 Å². The number of carbonyl (C=O) groups is 1. The highest BCUT2D eigenvalue weighted by Gasteiger charge is 2.32. The third-order valence-corrected chi connectivity index (χ3v) is 2.93. The van der Waals surface area contributed by atoms with Crippen LogP contribution in [0.2, 0.25) is 0 Å². The van der Waals surface area contributed by atoms with Gasteiger partial charge in [0.1, 0.15) is 11.6 Å². The Morgan fingerprint density at radius 2 is 2.12 bits per heavy atom. The molecule has 1 atom stereocenters. The highest BCUT2D eigenvalue weighted by atomic mass is 19.1. The van der Waals surface area contributed by atoms with Crippen molar-refractivity contribution < 1.29 is 13.6 Å². The number of halogens is 2. The zero-order valence-electron chi connectivity index (χ0n) is 8.97. The van der Waals surface area contributed by atoms with Gasteiger partial charge in [-0.2, -0.15) is 0 Å². The molecule has 0 aromatic heterocycles. The van der Waals surface area contributed by atoms with E-state index in [4.69, 9.17) is 0 Å². The number of hydrogen-bond donors (Lipinski definition) is 1. The van der Waals surface area contributed by atoms with E-state index in [1.807, 2.05) is 6.92 Å². The van der Waals surface area contributed by atoms with Crippen molar-refractivity contribution in [1.29, 1.82) is 0 Å². The van der Waals surface area contributed by atoms with Gasteiger partial charge in [-0.05, 0) is 30.9 Å². The van der Waals surface area contributed by atoms with E-state index in [0.717, 1.165) is 25.0 Å². The van der Waals surface area contributed by atoms with Crippen LogP contribution in [-0.4, -0.2) is 5.91 Å². The lowest BCUT2D eigenvalue weighted by molar-refractivity contribution is -0.119. The summed E-state index contributed by atoms with van der Waals surface area (Å²) in [6, 6.07) is 3.13. The second-order valence-corrected chi connectivity index (χ2v) is 4.24. The zero-order chi connectivity index (χ0) is 11.7. The monoisotopic (exact) mass is 225 g/mol. The van der Waals surface area contributed by atoms with E-state index in [0.29, 0.717) is 5.92 Å². The molecular weight excluding hydrogens is 212 g/mol. The smallest absolute Gasteiger partial charge is 0.227 e. The first-order chi connectivity index (χ1) is 7.58. The van der Waals surface area contributed by atoms with E-state index < -0.39 is 11.6 Å². The molecule has 1 amide bonds. The van der Waals surface area contributed by atoms with Gasteiger partial charge < -0.3 is 5.32 Å². The van der Waals surface area contributed by atoms with E-state index >= 15 is 0 Å². The summed E-state index contributed by atoms with van der Waals surface area (Å²) in [6.07, 6.45) is 2.11. The lowest BCUT2D eigenvalue weighted by atomic mass is 10.1. The zero-order valence-corrected chi connectivity index (χ0v) is 8.97. The van der Waals surface area contributed by atoms with Crippen molar-refractivity contribution in [3.63, 3.8) is 0 Å². The molecule has 1 unspecified atom stereocenters. The van der Waals surface area contributed by atoms with E-state index in [1.165, 1.54) is 6.07 Å². The average Bonchev–Trinajstić information content (AvgIpc) is 3.04. The van der Waals surface area contributed by atoms with Gasteiger partial charge in [-0.3, -0.25) is 4.79 Å². The molecule has 0 radical (unpaired) electrons. The highest BCUT2D eigenvalue weighted by molar-refractivity contribution is 5.92. The minimum absolute atomic E-state index is 0.0406. The third-order valence-electron chi connectivity index (χ3n) is 2.93. The Balaban J connectivity index is 2.05. The largest absolute Gasteiger partial charge is 0.323 e. The van der Waals surface area contributed by atoms with Crippen LogP contribution < -0.4 is 5.32 Å². The van der Waals surface area contributed by atoms with Crippen LogP contribution in [0.15, 0.2) is 18.2 Å². The summed E-state index contributed by atoms with van der Waals surface area (Å²) in [7, 11) is 0. The molecule has 0 saturated heterocycles. The molecule has 1 aromatic carbocycles. The van der Waals surface area contributed by atoms with E-state index in [2.05, 4.69) is 5.32 Å². The normalized spacial score (nSPS) is 16.9. The lowest BCUT2D eigenvalue weighted by Gasteiger charge is -2.11. The quantitative estimate of drug-likeness (QED) is 0.841. The molecule has 1 aliphatic rings. The van der Waals surface area contributed by atoms with Crippen LogP contribution in [0.25, 0.3) is 0 Å². The predicted molar refractivity (Wildman–Crippen MR) is 56.9 cm³/mol. The molecule has 0 aliphatic heterocycles. The van der Waals surface area contributed by atoms with Gasteiger partial charge in [0, 0.05) is 12.0 Å². The number of amides is 1. The summed E-state index contributed by atoms with van der Waals surface area (Å²) >= 11 is 0. The molecule has 1 N–H and O–H groups in total. The van der Waals surface area contributed by atoms with Crippen molar-refractivity contribution in [3.05, 3.63) is 29.8 Å². The van der Waals surface area contributed by atoms with Gasteiger partial charge >= 0.3 is 0 Å². The second-order valence-electron chi connectivity index (χ2n) is 4.24. The molecule has 0 heterocycles. The highest BCUT2D eigenvalue weighted by Crippen LogP contribution is 2.37. The summed E-state index contributed by atoms with van der Waals surface area (Å²) in [5.41, 5.74) is 0.0406. The molecule has 16 heavy (non-hydrogen) atoms. The van der Waals surface area contributed by atoms with E-state index in [9.17, 15) is 13.6 Å². The van der Waals surface area contributed by atoms with Crippen molar-refractivity contribution in [2.24, 2.45) is 11.8 Å². The van der Waals surface area contributed by atoms with Gasteiger partial charge in [0.15, 0.2) is 0 Å². The Hall–Kier alpha value is -1.45. The molecule has 4 heteroatoms. The number of anilines is 1. The molecule has 2 nitrogen and oxygen atoms in total. The van der Waals surface area contributed by atoms with Crippen molar-refractivity contribution >= 4 is 11.6 Å². The third kappa shape index (κ3) is 2.38. The van der Waals surface area contributed by atoms with Gasteiger partial charge in [0.25, 0.3) is 0 Å². The van der Waals surface area contributed by atoms with Crippen molar-refractivity contribution in [1.82, 2.24) is 0 Å². The van der Waals surface area contributed by atoms with Crippen LogP contribution >= 0.6 is 0 Å². The maximum absolute atomic E-state index is 13.2. The summed E-state index contributed by atoms with van der Waals surface area (Å²) in [6.45, 7) is 1.83. The molecule has 1 fully saturated rings. The standard InChI is InChI=1S/C12H13F2NO/c1-7(8-2-3-8)12(16)15-11-5-4-9(13)6-10(11)14/h4-8H,2-3H2,1H3,(H,15,16). The Morgan fingerprint density at radius 3 is 2.69 bits per heavy atom. The van der Waals surface area contributed by atoms with Gasteiger partial charge in [0.05, 0.1) is 5.69 Å². The Labute approximate surface area is 92.7 Å². The number of rotatable bonds is 3. The summed E-state index contributed by atoms with van der Waals surface area (Å²) in [5, 5.41) is 2.48. The number of nitrogens with one attached hydrogen (secondary N) is 1. The first-order valence-corrected chi connectivity index (χ1v) is 5.34. The van der Waals surface area contributed by atoms with E-state index in [1.54, 1.807) is 0 Å². The molecule has 0 spiro atoms. The first kappa shape index (κ1) is 11.0. The summed E-state index contributed by atoms with van der Waals surface area (Å²) < 4.78 is 25.9. The SMILES string of the molecule is CC(C(=O)Nc1ccc(F)cc1F)C1CC1. The van der Waals surface area contributed by atoms with Crippen LogP contribution in [0, 0.1) is 23.5 Å². The van der Waals surface area contributed by atoms with E-state index in [-0.39, 0.29) is 17.5 Å². The average molecular weight is 225 g/mol. The number of carbonyl (C=O) groups excluding carboxylic acids is 1. The van der Waals surface area contributed by atoms with Crippen LogP contribution in [0.5, 0.6) is 0 Å². The maximum atomic E-state index is 13.2. The molecule has 0 bridgehead atoms. The predicted octanol–water partition coefficient (Wildman–Crippen LogP) is 2.95. The Kier molecular flexibility index (Phi) is 2.90. The number of benzene rings is 1. The maximum Gasteiger partial charge on any atom is 0.227 e. The van der Waals surface area contributed by atoms with Gasteiger partial charge in [-0.1, -0.05) is 6.92 Å². The second kappa shape index (κ2) is 4.20. The Morgan fingerprint density at radius 1 is 1.44 bits per heavy atom.